The van der Waals surface area contributed by atoms with Crippen LogP contribution in [0.1, 0.15) is 32.3 Å². The van der Waals surface area contributed by atoms with E-state index in [1.807, 2.05) is 7.05 Å². The molecule has 0 radical (unpaired) electrons. The van der Waals surface area contributed by atoms with Gasteiger partial charge in [0.1, 0.15) is 0 Å². The number of benzene rings is 1. The van der Waals surface area contributed by atoms with Crippen LogP contribution in [-0.2, 0) is 11.2 Å². The van der Waals surface area contributed by atoms with Crippen LogP contribution in [0.5, 0.6) is 0 Å². The summed E-state index contributed by atoms with van der Waals surface area (Å²) in [6, 6.07) is 10.8. The predicted octanol–water partition coefficient (Wildman–Crippen LogP) is 2.63. The number of rotatable bonds is 6. The molecular weight excluding hydrogens is 336 g/mol. The smallest absolute Gasteiger partial charge is 0.193 e. The molecule has 1 aromatic carbocycles. The van der Waals surface area contributed by atoms with Gasteiger partial charge in [-0.2, -0.15) is 0 Å². The lowest BCUT2D eigenvalue weighted by molar-refractivity contribution is -0.0679. The molecule has 2 fully saturated rings. The molecule has 1 aromatic rings. The Morgan fingerprint density at radius 2 is 1.89 bits per heavy atom. The highest BCUT2D eigenvalue weighted by Crippen LogP contribution is 2.20. The molecule has 2 aliphatic heterocycles. The van der Waals surface area contributed by atoms with E-state index in [9.17, 15) is 0 Å². The summed E-state index contributed by atoms with van der Waals surface area (Å²) in [7, 11) is 1.90. The minimum absolute atomic E-state index is 0.348. The fourth-order valence-corrected chi connectivity index (χ4v) is 4.44. The van der Waals surface area contributed by atoms with E-state index >= 15 is 0 Å². The van der Waals surface area contributed by atoms with E-state index in [1.165, 1.54) is 18.4 Å². The van der Waals surface area contributed by atoms with Crippen molar-refractivity contribution in [1.82, 2.24) is 15.1 Å². The van der Waals surface area contributed by atoms with E-state index in [1.54, 1.807) is 0 Å². The fraction of sp³-hybridized carbons (Fsp3) is 0.682. The minimum Gasteiger partial charge on any atom is -0.373 e. The van der Waals surface area contributed by atoms with Gasteiger partial charge in [-0.25, -0.2) is 0 Å². The summed E-state index contributed by atoms with van der Waals surface area (Å²) in [5, 5.41) is 3.58. The number of aliphatic imine (C=N–C) groups is 1. The van der Waals surface area contributed by atoms with Crippen LogP contribution in [0.15, 0.2) is 35.3 Å². The van der Waals surface area contributed by atoms with Crippen LogP contribution >= 0.6 is 0 Å². The Morgan fingerprint density at radius 1 is 1.15 bits per heavy atom. The summed E-state index contributed by atoms with van der Waals surface area (Å²) in [6.07, 6.45) is 4.25. The van der Waals surface area contributed by atoms with Gasteiger partial charge in [-0.15, -0.1) is 0 Å². The van der Waals surface area contributed by atoms with Crippen molar-refractivity contribution in [3.05, 3.63) is 35.9 Å². The number of likely N-dealkylation sites (tertiary alicyclic amines) is 1. The number of guanidine groups is 1. The molecule has 3 unspecified atom stereocenters. The van der Waals surface area contributed by atoms with Crippen LogP contribution in [-0.4, -0.2) is 74.3 Å². The maximum absolute atomic E-state index is 5.82. The van der Waals surface area contributed by atoms with Crippen LogP contribution in [0.3, 0.4) is 0 Å². The average molecular weight is 373 g/mol. The second-order valence-corrected chi connectivity index (χ2v) is 8.13. The molecule has 150 valence electrons. The minimum atomic E-state index is 0.348. The summed E-state index contributed by atoms with van der Waals surface area (Å²) in [5.41, 5.74) is 1.45. The van der Waals surface area contributed by atoms with Crippen molar-refractivity contribution < 1.29 is 4.74 Å². The normalized spacial score (nSPS) is 27.1. The van der Waals surface area contributed by atoms with Gasteiger partial charge in [-0.05, 0) is 44.6 Å². The van der Waals surface area contributed by atoms with Crippen LogP contribution in [0.25, 0.3) is 0 Å². The zero-order valence-electron chi connectivity index (χ0n) is 17.2. The van der Waals surface area contributed by atoms with Crippen LogP contribution < -0.4 is 5.32 Å². The van der Waals surface area contributed by atoms with Gasteiger partial charge in [0.05, 0.1) is 12.2 Å². The molecule has 27 heavy (non-hydrogen) atoms. The predicted molar refractivity (Wildman–Crippen MR) is 112 cm³/mol. The zero-order chi connectivity index (χ0) is 19.1. The quantitative estimate of drug-likeness (QED) is 0.473. The summed E-state index contributed by atoms with van der Waals surface area (Å²) in [4.78, 5) is 9.46. The van der Waals surface area contributed by atoms with Gasteiger partial charge >= 0.3 is 0 Å². The van der Waals surface area contributed by atoms with Gasteiger partial charge in [0.15, 0.2) is 5.96 Å². The second kappa shape index (κ2) is 10.1. The van der Waals surface area contributed by atoms with E-state index in [2.05, 4.69) is 64.3 Å². The molecule has 5 heteroatoms. The van der Waals surface area contributed by atoms with Crippen molar-refractivity contribution >= 4 is 5.96 Å². The topological polar surface area (TPSA) is 40.1 Å². The molecule has 2 heterocycles. The zero-order valence-corrected chi connectivity index (χ0v) is 17.2. The third-order valence-electron chi connectivity index (χ3n) is 5.59. The number of hydrogen-bond acceptors (Lipinski definition) is 3. The van der Waals surface area contributed by atoms with E-state index in [0.29, 0.717) is 12.2 Å². The summed E-state index contributed by atoms with van der Waals surface area (Å²) >= 11 is 0. The van der Waals surface area contributed by atoms with Gasteiger partial charge in [-0.3, -0.25) is 9.89 Å². The number of nitrogens with one attached hydrogen (secondary N) is 1. The fourth-order valence-electron chi connectivity index (χ4n) is 4.44. The molecule has 0 aliphatic carbocycles. The Balaban J connectivity index is 1.37. The maximum atomic E-state index is 5.82. The number of ether oxygens (including phenoxy) is 1. The highest BCUT2D eigenvalue weighted by molar-refractivity contribution is 5.80. The van der Waals surface area contributed by atoms with Crippen LogP contribution in [0.2, 0.25) is 0 Å². The highest BCUT2D eigenvalue weighted by Gasteiger charge is 2.25. The molecule has 5 nitrogen and oxygen atoms in total. The summed E-state index contributed by atoms with van der Waals surface area (Å²) in [5.74, 6) is 1.79. The first-order chi connectivity index (χ1) is 13.1. The Bertz CT molecular complexity index is 581. The van der Waals surface area contributed by atoms with Gasteiger partial charge in [0.2, 0.25) is 0 Å². The lowest BCUT2D eigenvalue weighted by atomic mass is 9.99. The van der Waals surface area contributed by atoms with E-state index in [0.717, 1.165) is 57.6 Å². The summed E-state index contributed by atoms with van der Waals surface area (Å²) in [6.45, 7) is 10.7. The van der Waals surface area contributed by atoms with Crippen molar-refractivity contribution in [1.29, 1.82) is 0 Å². The van der Waals surface area contributed by atoms with Crippen molar-refractivity contribution in [2.45, 2.75) is 45.3 Å². The lowest BCUT2D eigenvalue weighted by Gasteiger charge is -2.35. The van der Waals surface area contributed by atoms with Crippen molar-refractivity contribution in [3.63, 3.8) is 0 Å². The van der Waals surface area contributed by atoms with Crippen molar-refractivity contribution in [3.8, 4) is 0 Å². The number of nitrogens with zero attached hydrogens (tertiary/aromatic N) is 3. The van der Waals surface area contributed by atoms with Gasteiger partial charge in [0, 0.05) is 46.3 Å². The van der Waals surface area contributed by atoms with E-state index in [4.69, 9.17) is 4.74 Å². The first-order valence-electron chi connectivity index (χ1n) is 10.5. The Kier molecular flexibility index (Phi) is 7.53. The SMILES string of the molecule is CN=C(NCCCN1CC(C)OC(C)C1)N1CCC(Cc2ccccc2)C1. The maximum Gasteiger partial charge on any atom is 0.193 e. The molecule has 0 bridgehead atoms. The van der Waals surface area contributed by atoms with E-state index in [-0.39, 0.29) is 0 Å². The molecule has 1 N–H and O–H groups in total. The molecule has 0 saturated carbocycles. The van der Waals surface area contributed by atoms with Gasteiger partial charge in [-0.1, -0.05) is 30.3 Å². The third-order valence-corrected chi connectivity index (χ3v) is 5.59. The molecule has 0 amide bonds. The largest absolute Gasteiger partial charge is 0.373 e. The first-order valence-corrected chi connectivity index (χ1v) is 10.5. The van der Waals surface area contributed by atoms with Gasteiger partial charge < -0.3 is 15.0 Å². The monoisotopic (exact) mass is 372 g/mol. The number of hydrogen-bond donors (Lipinski definition) is 1. The first kappa shape index (κ1) is 20.2. The molecule has 2 aliphatic rings. The molecule has 3 rings (SSSR count). The van der Waals surface area contributed by atoms with Crippen LogP contribution in [0, 0.1) is 5.92 Å². The van der Waals surface area contributed by atoms with Gasteiger partial charge in [0.25, 0.3) is 0 Å². The summed E-state index contributed by atoms with van der Waals surface area (Å²) < 4.78 is 5.82. The number of morpholine rings is 1. The van der Waals surface area contributed by atoms with Crippen molar-refractivity contribution in [2.75, 3.05) is 46.3 Å². The third kappa shape index (κ3) is 6.22. The standard InChI is InChI=1S/C22H36N4O/c1-18-15-25(16-19(2)27-18)12-7-11-24-22(23-3)26-13-10-21(17-26)14-20-8-5-4-6-9-20/h4-6,8-9,18-19,21H,7,10-17H2,1-3H3,(H,23,24). The molecule has 2 saturated heterocycles. The molecular formula is C22H36N4O. The highest BCUT2D eigenvalue weighted by atomic mass is 16.5. The van der Waals surface area contributed by atoms with E-state index < -0.39 is 0 Å². The molecule has 0 aromatic heterocycles. The molecule has 0 spiro atoms. The van der Waals surface area contributed by atoms with Crippen LogP contribution in [0.4, 0.5) is 0 Å². The Hall–Kier alpha value is -1.59. The molecule has 3 atom stereocenters. The average Bonchev–Trinajstić information content (AvgIpc) is 3.10. The lowest BCUT2D eigenvalue weighted by Crippen LogP contribution is -2.46. The van der Waals surface area contributed by atoms with Crippen molar-refractivity contribution in [2.24, 2.45) is 10.9 Å². The Morgan fingerprint density at radius 3 is 2.59 bits per heavy atom. The Labute approximate surface area is 164 Å². The second-order valence-electron chi connectivity index (χ2n) is 8.13.